The molecule has 2 aromatic carbocycles. The minimum Gasteiger partial charge on any atom is -0.399 e. The fraction of sp³-hybridized carbons (Fsp3) is 0.0714. The van der Waals surface area contributed by atoms with Gasteiger partial charge in [0.1, 0.15) is 11.6 Å². The van der Waals surface area contributed by atoms with Crippen LogP contribution in [0, 0.1) is 11.6 Å². The van der Waals surface area contributed by atoms with Crippen LogP contribution in [0.5, 0.6) is 0 Å². The van der Waals surface area contributed by atoms with Crippen molar-refractivity contribution in [2.24, 2.45) is 0 Å². The minimum atomic E-state index is -0.655. The molecule has 0 saturated heterocycles. The fourth-order valence-corrected chi connectivity index (χ4v) is 1.92. The molecule has 104 valence electrons. The Morgan fingerprint density at radius 3 is 2.60 bits per heavy atom. The summed E-state index contributed by atoms with van der Waals surface area (Å²) in [6.07, 6.45) is -0.282. The minimum absolute atomic E-state index is 0.0170. The molecule has 3 N–H and O–H groups in total. The second-order valence-electron chi connectivity index (χ2n) is 4.16. The summed E-state index contributed by atoms with van der Waals surface area (Å²) in [6.45, 7) is 0. The molecule has 0 unspecified atom stereocenters. The molecule has 0 aliphatic rings. The van der Waals surface area contributed by atoms with Crippen molar-refractivity contribution in [3.8, 4) is 0 Å². The van der Waals surface area contributed by atoms with E-state index in [1.54, 1.807) is 0 Å². The number of rotatable bonds is 3. The quantitative estimate of drug-likeness (QED) is 0.853. The van der Waals surface area contributed by atoms with E-state index in [1.807, 2.05) is 0 Å². The molecule has 0 aromatic heterocycles. The summed E-state index contributed by atoms with van der Waals surface area (Å²) in [5.74, 6) is -1.80. The number of nitrogen functional groups attached to an aromatic ring is 1. The van der Waals surface area contributed by atoms with Gasteiger partial charge >= 0.3 is 0 Å². The molecule has 3 nitrogen and oxygen atoms in total. The first kappa shape index (κ1) is 14.3. The van der Waals surface area contributed by atoms with Crippen LogP contribution in [-0.2, 0) is 11.2 Å². The van der Waals surface area contributed by atoms with Crippen LogP contribution in [0.25, 0.3) is 0 Å². The summed E-state index contributed by atoms with van der Waals surface area (Å²) in [5, 5.41) is 2.50. The molecule has 0 heterocycles. The van der Waals surface area contributed by atoms with E-state index < -0.39 is 17.5 Å². The van der Waals surface area contributed by atoms with Crippen LogP contribution in [0.2, 0.25) is 5.02 Å². The van der Waals surface area contributed by atoms with Crippen molar-refractivity contribution in [2.45, 2.75) is 6.42 Å². The standard InChI is InChI=1S/C14H11ClF2N2O/c15-10-2-1-3-11(16)9(10)7-14(20)19-13-5-4-8(18)6-12(13)17/h1-6H,7,18H2,(H,19,20). The van der Waals surface area contributed by atoms with Gasteiger partial charge in [0.2, 0.25) is 5.91 Å². The van der Waals surface area contributed by atoms with E-state index in [2.05, 4.69) is 5.32 Å². The van der Waals surface area contributed by atoms with E-state index in [9.17, 15) is 13.6 Å². The monoisotopic (exact) mass is 296 g/mol. The summed E-state index contributed by atoms with van der Waals surface area (Å²) in [4.78, 5) is 11.8. The number of benzene rings is 2. The lowest BCUT2D eigenvalue weighted by atomic mass is 10.1. The molecule has 6 heteroatoms. The molecular formula is C14H11ClF2N2O. The second kappa shape index (κ2) is 5.88. The fourth-order valence-electron chi connectivity index (χ4n) is 1.69. The highest BCUT2D eigenvalue weighted by Crippen LogP contribution is 2.21. The van der Waals surface area contributed by atoms with Crippen molar-refractivity contribution in [3.05, 3.63) is 58.6 Å². The first-order valence-electron chi connectivity index (χ1n) is 5.75. The largest absolute Gasteiger partial charge is 0.399 e. The number of carbonyl (C=O) groups excluding carboxylic acids is 1. The molecule has 20 heavy (non-hydrogen) atoms. The van der Waals surface area contributed by atoms with Crippen LogP contribution in [0.4, 0.5) is 20.2 Å². The molecule has 0 saturated carbocycles. The maximum atomic E-state index is 13.5. The third kappa shape index (κ3) is 3.24. The van der Waals surface area contributed by atoms with Crippen molar-refractivity contribution in [2.75, 3.05) is 11.1 Å². The summed E-state index contributed by atoms with van der Waals surface area (Å²) in [5.41, 5.74) is 5.70. The van der Waals surface area contributed by atoms with Gasteiger partial charge in [-0.05, 0) is 30.3 Å². The van der Waals surface area contributed by atoms with Crippen LogP contribution >= 0.6 is 11.6 Å². The predicted molar refractivity (Wildman–Crippen MR) is 74.6 cm³/mol. The number of hydrogen-bond donors (Lipinski definition) is 2. The summed E-state index contributed by atoms with van der Waals surface area (Å²) >= 11 is 5.82. The highest BCUT2D eigenvalue weighted by atomic mass is 35.5. The molecule has 0 aliphatic carbocycles. The molecule has 0 spiro atoms. The van der Waals surface area contributed by atoms with Gasteiger partial charge in [-0.2, -0.15) is 0 Å². The number of nitrogens with two attached hydrogens (primary N) is 1. The Hall–Kier alpha value is -2.14. The van der Waals surface area contributed by atoms with Gasteiger partial charge in [-0.3, -0.25) is 4.79 Å². The Bertz CT molecular complexity index is 641. The lowest BCUT2D eigenvalue weighted by Gasteiger charge is -2.08. The number of halogens is 3. The van der Waals surface area contributed by atoms with Crippen LogP contribution < -0.4 is 11.1 Å². The Morgan fingerprint density at radius 1 is 1.20 bits per heavy atom. The zero-order valence-electron chi connectivity index (χ0n) is 10.3. The van der Waals surface area contributed by atoms with Gasteiger partial charge in [-0.25, -0.2) is 8.78 Å². The number of nitrogens with one attached hydrogen (secondary N) is 1. The zero-order valence-corrected chi connectivity index (χ0v) is 11.0. The molecule has 1 amide bonds. The number of anilines is 2. The van der Waals surface area contributed by atoms with Gasteiger partial charge in [-0.1, -0.05) is 17.7 Å². The topological polar surface area (TPSA) is 55.1 Å². The lowest BCUT2D eigenvalue weighted by molar-refractivity contribution is -0.115. The Balaban J connectivity index is 2.13. The third-order valence-corrected chi connectivity index (χ3v) is 3.02. The Morgan fingerprint density at radius 2 is 1.95 bits per heavy atom. The van der Waals surface area contributed by atoms with Crippen LogP contribution in [0.1, 0.15) is 5.56 Å². The van der Waals surface area contributed by atoms with Gasteiger partial charge in [0, 0.05) is 16.3 Å². The molecule has 0 radical (unpaired) electrons. The van der Waals surface area contributed by atoms with E-state index in [0.29, 0.717) is 0 Å². The van der Waals surface area contributed by atoms with Crippen LogP contribution in [0.15, 0.2) is 36.4 Å². The summed E-state index contributed by atoms with van der Waals surface area (Å²) in [7, 11) is 0. The zero-order chi connectivity index (χ0) is 14.7. The summed E-state index contributed by atoms with van der Waals surface area (Å²) < 4.78 is 27.0. The first-order chi connectivity index (χ1) is 9.47. The summed E-state index contributed by atoms with van der Waals surface area (Å²) in [6, 6.07) is 8.01. The van der Waals surface area contributed by atoms with Crippen molar-refractivity contribution < 1.29 is 13.6 Å². The first-order valence-corrected chi connectivity index (χ1v) is 6.13. The van der Waals surface area contributed by atoms with Gasteiger partial charge in [0.15, 0.2) is 0 Å². The van der Waals surface area contributed by atoms with Gasteiger partial charge in [0.05, 0.1) is 12.1 Å². The molecule has 0 bridgehead atoms. The van der Waals surface area contributed by atoms with E-state index in [0.717, 1.165) is 6.07 Å². The van der Waals surface area contributed by atoms with Gasteiger partial charge in [-0.15, -0.1) is 0 Å². The maximum Gasteiger partial charge on any atom is 0.229 e. The molecule has 2 rings (SSSR count). The highest BCUT2D eigenvalue weighted by Gasteiger charge is 2.13. The molecular weight excluding hydrogens is 286 g/mol. The number of carbonyl (C=O) groups is 1. The Labute approximate surface area is 119 Å². The Kier molecular flexibility index (Phi) is 4.20. The van der Waals surface area contributed by atoms with Crippen molar-refractivity contribution >= 4 is 28.9 Å². The van der Waals surface area contributed by atoms with Crippen molar-refractivity contribution in [3.63, 3.8) is 0 Å². The van der Waals surface area contributed by atoms with E-state index in [4.69, 9.17) is 17.3 Å². The second-order valence-corrected chi connectivity index (χ2v) is 4.57. The van der Waals surface area contributed by atoms with Crippen molar-refractivity contribution in [1.29, 1.82) is 0 Å². The lowest BCUT2D eigenvalue weighted by Crippen LogP contribution is -2.16. The van der Waals surface area contributed by atoms with E-state index >= 15 is 0 Å². The number of hydrogen-bond acceptors (Lipinski definition) is 2. The average Bonchev–Trinajstić information content (AvgIpc) is 2.37. The SMILES string of the molecule is Nc1ccc(NC(=O)Cc2c(F)cccc2Cl)c(F)c1. The van der Waals surface area contributed by atoms with E-state index in [1.165, 1.54) is 30.3 Å². The average molecular weight is 297 g/mol. The third-order valence-electron chi connectivity index (χ3n) is 2.67. The normalized spacial score (nSPS) is 10.3. The predicted octanol–water partition coefficient (Wildman–Crippen LogP) is 3.38. The molecule has 0 fully saturated rings. The smallest absolute Gasteiger partial charge is 0.229 e. The van der Waals surface area contributed by atoms with Gasteiger partial charge < -0.3 is 11.1 Å². The maximum absolute atomic E-state index is 13.5. The van der Waals surface area contributed by atoms with E-state index in [-0.39, 0.29) is 28.4 Å². The van der Waals surface area contributed by atoms with Gasteiger partial charge in [0.25, 0.3) is 0 Å². The van der Waals surface area contributed by atoms with Crippen molar-refractivity contribution in [1.82, 2.24) is 0 Å². The van der Waals surface area contributed by atoms with Crippen LogP contribution in [0.3, 0.4) is 0 Å². The molecule has 0 atom stereocenters. The van der Waals surface area contributed by atoms with Crippen LogP contribution in [-0.4, -0.2) is 5.91 Å². The molecule has 2 aromatic rings. The number of amides is 1. The molecule has 0 aliphatic heterocycles. The highest BCUT2D eigenvalue weighted by molar-refractivity contribution is 6.31.